The molecule has 0 radical (unpaired) electrons. The number of nitro benzene ring substituents is 1. The number of amides is 1. The molecule has 0 aliphatic carbocycles. The summed E-state index contributed by atoms with van der Waals surface area (Å²) in [6.07, 6.45) is 0. The van der Waals surface area contributed by atoms with E-state index in [9.17, 15) is 14.9 Å². The van der Waals surface area contributed by atoms with Gasteiger partial charge in [-0.15, -0.1) is 0 Å². The van der Waals surface area contributed by atoms with Gasteiger partial charge in [0.25, 0.3) is 11.6 Å². The average molecular weight is 310 g/mol. The summed E-state index contributed by atoms with van der Waals surface area (Å²) in [5, 5.41) is 11.1. The molecule has 116 valence electrons. The zero-order valence-electron chi connectivity index (χ0n) is 13.1. The minimum absolute atomic E-state index is 0.0616. The Kier molecular flexibility index (Phi) is 4.90. The first kappa shape index (κ1) is 17.3. The van der Waals surface area contributed by atoms with Crippen molar-refractivity contribution < 1.29 is 14.1 Å². The van der Waals surface area contributed by atoms with Gasteiger partial charge in [-0.2, -0.15) is 0 Å². The van der Waals surface area contributed by atoms with E-state index in [4.69, 9.17) is 10.2 Å². The lowest BCUT2D eigenvalue weighted by Crippen LogP contribution is -2.40. The van der Waals surface area contributed by atoms with Gasteiger partial charge in [0, 0.05) is 6.07 Å². The molecule has 0 aliphatic rings. The number of nitrogens with two attached hydrogens (primary N) is 1. The van der Waals surface area contributed by atoms with Gasteiger partial charge in [-0.05, 0) is 29.8 Å². The monoisotopic (exact) mass is 310 g/mol. The first-order valence-electron chi connectivity index (χ1n) is 6.67. The van der Waals surface area contributed by atoms with Crippen LogP contribution >= 0.6 is 0 Å². The Morgan fingerprint density at radius 1 is 1.38 bits per heavy atom. The van der Waals surface area contributed by atoms with Gasteiger partial charge < -0.3 is 10.2 Å². The fourth-order valence-electron chi connectivity index (χ4n) is 1.51. The molecule has 7 heteroatoms. The standard InChI is InChI=1S/C14H22N2O4Si/c1-14(2,3)21(4,5)20-9-10-6-7-11(13(15)17)12(8-10)16(18)19/h6-8H,9H2,1-5H3,(H2,15,17). The van der Waals surface area contributed by atoms with Crippen LogP contribution in [0.4, 0.5) is 5.69 Å². The van der Waals surface area contributed by atoms with E-state index in [0.717, 1.165) is 0 Å². The molecule has 0 saturated heterocycles. The van der Waals surface area contributed by atoms with Gasteiger partial charge in [0.05, 0.1) is 11.5 Å². The summed E-state index contributed by atoms with van der Waals surface area (Å²) in [6, 6.07) is 4.37. The molecule has 21 heavy (non-hydrogen) atoms. The predicted octanol–water partition coefficient (Wildman–Crippen LogP) is 3.22. The summed E-state index contributed by atoms with van der Waals surface area (Å²) in [5.74, 6) is -0.807. The Bertz CT molecular complexity index is 565. The number of primary amides is 1. The number of carbonyl (C=O) groups excluding carboxylic acids is 1. The van der Waals surface area contributed by atoms with Crippen LogP contribution in [0.3, 0.4) is 0 Å². The molecule has 0 aliphatic heterocycles. The predicted molar refractivity (Wildman–Crippen MR) is 83.6 cm³/mol. The second-order valence-electron chi connectivity index (χ2n) is 6.52. The lowest BCUT2D eigenvalue weighted by molar-refractivity contribution is -0.385. The van der Waals surface area contributed by atoms with Crippen LogP contribution in [0, 0.1) is 10.1 Å². The molecule has 1 rings (SSSR count). The third-order valence-corrected chi connectivity index (χ3v) is 8.41. The minimum Gasteiger partial charge on any atom is -0.413 e. The first-order chi connectivity index (χ1) is 9.45. The molecule has 1 amide bonds. The van der Waals surface area contributed by atoms with Crippen LogP contribution < -0.4 is 5.73 Å². The summed E-state index contributed by atoms with van der Waals surface area (Å²) >= 11 is 0. The van der Waals surface area contributed by atoms with Crippen molar-refractivity contribution >= 4 is 19.9 Å². The van der Waals surface area contributed by atoms with Gasteiger partial charge in [0.15, 0.2) is 8.32 Å². The molecule has 0 heterocycles. The van der Waals surface area contributed by atoms with Crippen LogP contribution in [-0.2, 0) is 11.0 Å². The zero-order valence-corrected chi connectivity index (χ0v) is 14.1. The lowest BCUT2D eigenvalue weighted by atomic mass is 10.1. The third kappa shape index (κ3) is 4.12. The number of nitro groups is 1. The highest BCUT2D eigenvalue weighted by molar-refractivity contribution is 6.74. The Balaban J connectivity index is 2.99. The number of nitrogens with zero attached hydrogens (tertiary/aromatic N) is 1. The van der Waals surface area contributed by atoms with Crippen LogP contribution in [0.25, 0.3) is 0 Å². The Hall–Kier alpha value is -1.73. The highest BCUT2D eigenvalue weighted by atomic mass is 28.4. The largest absolute Gasteiger partial charge is 0.413 e. The van der Waals surface area contributed by atoms with Gasteiger partial charge in [0.1, 0.15) is 5.56 Å². The Morgan fingerprint density at radius 2 is 1.95 bits per heavy atom. The molecular weight excluding hydrogens is 288 g/mol. The molecule has 0 atom stereocenters. The first-order valence-corrected chi connectivity index (χ1v) is 9.57. The van der Waals surface area contributed by atoms with E-state index < -0.39 is 19.1 Å². The average Bonchev–Trinajstić information content (AvgIpc) is 2.34. The van der Waals surface area contributed by atoms with E-state index in [2.05, 4.69) is 33.9 Å². The van der Waals surface area contributed by atoms with Crippen molar-refractivity contribution in [3.63, 3.8) is 0 Å². The maximum atomic E-state index is 11.2. The normalized spacial score (nSPS) is 12.2. The molecule has 0 unspecified atom stereocenters. The number of hydrogen-bond acceptors (Lipinski definition) is 4. The van der Waals surface area contributed by atoms with Gasteiger partial charge >= 0.3 is 0 Å². The van der Waals surface area contributed by atoms with E-state index in [1.807, 2.05) is 0 Å². The Morgan fingerprint density at radius 3 is 2.38 bits per heavy atom. The summed E-state index contributed by atoms with van der Waals surface area (Å²) < 4.78 is 6.02. The topological polar surface area (TPSA) is 95.5 Å². The lowest BCUT2D eigenvalue weighted by Gasteiger charge is -2.36. The summed E-state index contributed by atoms with van der Waals surface area (Å²) in [7, 11) is -1.93. The van der Waals surface area contributed by atoms with Gasteiger partial charge in [0.2, 0.25) is 0 Å². The number of carbonyl (C=O) groups is 1. The number of hydrogen-bond donors (Lipinski definition) is 1. The SMILES string of the molecule is CC(C)(C)[Si](C)(C)OCc1ccc(C(N)=O)c([N+](=O)[O-])c1. The molecule has 0 aromatic heterocycles. The second kappa shape index (κ2) is 5.95. The van der Waals surface area contributed by atoms with E-state index >= 15 is 0 Å². The summed E-state index contributed by atoms with van der Waals surface area (Å²) in [4.78, 5) is 21.6. The summed E-state index contributed by atoms with van der Waals surface area (Å²) in [6.45, 7) is 10.9. The minimum atomic E-state index is -1.93. The van der Waals surface area contributed by atoms with Crippen molar-refractivity contribution in [2.45, 2.75) is 45.5 Å². The molecular formula is C14H22N2O4Si. The third-order valence-electron chi connectivity index (χ3n) is 3.93. The Labute approximate surface area is 125 Å². The summed E-state index contributed by atoms with van der Waals surface area (Å²) in [5.41, 5.74) is 5.43. The van der Waals surface area contributed by atoms with Crippen LogP contribution in [0.1, 0.15) is 36.7 Å². The van der Waals surface area contributed by atoms with E-state index in [1.54, 1.807) is 6.07 Å². The van der Waals surface area contributed by atoms with Gasteiger partial charge in [-0.1, -0.05) is 26.8 Å². The van der Waals surface area contributed by atoms with Crippen molar-refractivity contribution in [3.8, 4) is 0 Å². The molecule has 2 N–H and O–H groups in total. The fraction of sp³-hybridized carbons (Fsp3) is 0.500. The zero-order chi connectivity index (χ0) is 16.4. The van der Waals surface area contributed by atoms with Crippen LogP contribution in [0.15, 0.2) is 18.2 Å². The second-order valence-corrected chi connectivity index (χ2v) is 11.3. The van der Waals surface area contributed by atoms with Crippen molar-refractivity contribution in [1.29, 1.82) is 0 Å². The smallest absolute Gasteiger partial charge is 0.282 e. The highest BCUT2D eigenvalue weighted by Crippen LogP contribution is 2.37. The van der Waals surface area contributed by atoms with Crippen LogP contribution in [0.5, 0.6) is 0 Å². The van der Waals surface area contributed by atoms with Crippen molar-refractivity contribution in [3.05, 3.63) is 39.4 Å². The van der Waals surface area contributed by atoms with Crippen LogP contribution in [0.2, 0.25) is 18.1 Å². The van der Waals surface area contributed by atoms with E-state index in [-0.39, 0.29) is 22.9 Å². The molecule has 0 bridgehead atoms. The van der Waals surface area contributed by atoms with Crippen molar-refractivity contribution in [2.75, 3.05) is 0 Å². The molecule has 6 nitrogen and oxygen atoms in total. The van der Waals surface area contributed by atoms with Gasteiger partial charge in [-0.25, -0.2) is 0 Å². The molecule has 0 fully saturated rings. The maximum absolute atomic E-state index is 11.2. The van der Waals surface area contributed by atoms with E-state index in [0.29, 0.717) is 5.56 Å². The van der Waals surface area contributed by atoms with Crippen molar-refractivity contribution in [1.82, 2.24) is 0 Å². The van der Waals surface area contributed by atoms with Crippen LogP contribution in [-0.4, -0.2) is 19.1 Å². The maximum Gasteiger partial charge on any atom is 0.282 e. The van der Waals surface area contributed by atoms with E-state index in [1.165, 1.54) is 12.1 Å². The highest BCUT2D eigenvalue weighted by Gasteiger charge is 2.37. The molecule has 0 spiro atoms. The number of benzene rings is 1. The molecule has 1 aromatic rings. The van der Waals surface area contributed by atoms with Crippen molar-refractivity contribution in [2.24, 2.45) is 5.73 Å². The van der Waals surface area contributed by atoms with Gasteiger partial charge in [-0.3, -0.25) is 14.9 Å². The quantitative estimate of drug-likeness (QED) is 0.513. The molecule has 0 saturated carbocycles. The fourth-order valence-corrected chi connectivity index (χ4v) is 2.47. The molecule has 1 aromatic carbocycles. The number of rotatable bonds is 5.